The Kier molecular flexibility index (Phi) is 6.49. The Morgan fingerprint density at radius 2 is 2.00 bits per heavy atom. The van der Waals surface area contributed by atoms with E-state index in [2.05, 4.69) is 4.98 Å². The lowest BCUT2D eigenvalue weighted by Crippen LogP contribution is -2.44. The van der Waals surface area contributed by atoms with Crippen molar-refractivity contribution in [2.45, 2.75) is 24.7 Å². The first-order chi connectivity index (χ1) is 15.3. The highest BCUT2D eigenvalue weighted by molar-refractivity contribution is 7.89. The SMILES string of the molecule is CCN(C(=O)C1CCN(S(=O)(=O)c2ccccc2C#N)CC1)c1nc2cc(Cl)ccc2s1. The standard InChI is InChI=1S/C22H21ClN4O3S2/c1-2-27(22-25-18-13-17(23)7-8-19(18)31-22)21(28)15-9-11-26(12-10-15)32(29,30)20-6-4-3-5-16(20)14-24/h3-8,13,15H,2,9-12H2,1H3. The fourth-order valence-electron chi connectivity index (χ4n) is 3.88. The van der Waals surface area contributed by atoms with E-state index in [4.69, 9.17) is 11.6 Å². The molecule has 1 fully saturated rings. The summed E-state index contributed by atoms with van der Waals surface area (Å²) in [7, 11) is -3.79. The normalized spacial score (nSPS) is 15.5. The van der Waals surface area contributed by atoms with Crippen LogP contribution < -0.4 is 4.90 Å². The van der Waals surface area contributed by atoms with Gasteiger partial charge in [-0.25, -0.2) is 13.4 Å². The molecule has 1 aliphatic heterocycles. The Labute approximate surface area is 195 Å². The van der Waals surface area contributed by atoms with Gasteiger partial charge in [0.2, 0.25) is 15.9 Å². The Morgan fingerprint density at radius 3 is 2.69 bits per heavy atom. The highest BCUT2D eigenvalue weighted by atomic mass is 35.5. The van der Waals surface area contributed by atoms with Gasteiger partial charge in [0.1, 0.15) is 6.07 Å². The summed E-state index contributed by atoms with van der Waals surface area (Å²) in [6.07, 6.45) is 0.833. The summed E-state index contributed by atoms with van der Waals surface area (Å²) in [5.74, 6) is -0.338. The number of sulfonamides is 1. The summed E-state index contributed by atoms with van der Waals surface area (Å²) in [6, 6.07) is 13.6. The predicted molar refractivity (Wildman–Crippen MR) is 125 cm³/mol. The molecule has 3 aromatic rings. The molecule has 10 heteroatoms. The molecule has 0 N–H and O–H groups in total. The quantitative estimate of drug-likeness (QED) is 0.534. The number of anilines is 1. The Bertz CT molecular complexity index is 1310. The van der Waals surface area contributed by atoms with Gasteiger partial charge in [-0.2, -0.15) is 9.57 Å². The van der Waals surface area contributed by atoms with Crippen LogP contribution in [0.25, 0.3) is 10.2 Å². The van der Waals surface area contributed by atoms with Crippen LogP contribution in [0.1, 0.15) is 25.3 Å². The Balaban J connectivity index is 1.49. The third kappa shape index (κ3) is 4.24. The maximum atomic E-state index is 13.3. The molecule has 0 unspecified atom stereocenters. The van der Waals surface area contributed by atoms with Crippen molar-refractivity contribution >= 4 is 54.2 Å². The molecule has 0 atom stereocenters. The Morgan fingerprint density at radius 1 is 1.28 bits per heavy atom. The smallest absolute Gasteiger partial charge is 0.244 e. The second-order valence-electron chi connectivity index (χ2n) is 7.48. The molecule has 7 nitrogen and oxygen atoms in total. The van der Waals surface area contributed by atoms with Gasteiger partial charge in [0.05, 0.1) is 20.7 Å². The first-order valence-electron chi connectivity index (χ1n) is 10.2. The number of piperidine rings is 1. The molecule has 1 aromatic heterocycles. The molecule has 1 amide bonds. The fourth-order valence-corrected chi connectivity index (χ4v) is 6.67. The average Bonchev–Trinajstić information content (AvgIpc) is 3.22. The van der Waals surface area contributed by atoms with Gasteiger partial charge in [0, 0.05) is 30.6 Å². The summed E-state index contributed by atoms with van der Waals surface area (Å²) < 4.78 is 28.4. The molecule has 0 bridgehead atoms. The number of nitrogens with zero attached hydrogens (tertiary/aromatic N) is 4. The van der Waals surface area contributed by atoms with Crippen LogP contribution in [0.4, 0.5) is 5.13 Å². The van der Waals surface area contributed by atoms with Crippen LogP contribution in [0.2, 0.25) is 5.02 Å². The first kappa shape index (κ1) is 22.7. The van der Waals surface area contributed by atoms with E-state index in [1.54, 1.807) is 29.2 Å². The monoisotopic (exact) mass is 488 g/mol. The van der Waals surface area contributed by atoms with Gasteiger partial charge in [-0.15, -0.1) is 0 Å². The first-order valence-corrected chi connectivity index (χ1v) is 12.9. The van der Waals surface area contributed by atoms with E-state index in [1.807, 2.05) is 19.1 Å². The number of aromatic nitrogens is 1. The number of rotatable bonds is 5. The van der Waals surface area contributed by atoms with E-state index in [-0.39, 0.29) is 35.4 Å². The number of hydrogen-bond donors (Lipinski definition) is 0. The average molecular weight is 489 g/mol. The molecule has 0 saturated carbocycles. The van der Waals surface area contributed by atoms with E-state index >= 15 is 0 Å². The second-order valence-corrected chi connectivity index (χ2v) is 10.8. The van der Waals surface area contributed by atoms with Gasteiger partial charge in [0.25, 0.3) is 0 Å². The number of thiazole rings is 1. The van der Waals surface area contributed by atoms with Crippen molar-refractivity contribution in [2.75, 3.05) is 24.5 Å². The molecular weight excluding hydrogens is 468 g/mol. The summed E-state index contributed by atoms with van der Waals surface area (Å²) >= 11 is 7.49. The number of halogens is 1. The minimum absolute atomic E-state index is 0.00981. The second kappa shape index (κ2) is 9.16. The van der Waals surface area contributed by atoms with Crippen molar-refractivity contribution in [3.05, 3.63) is 53.1 Å². The van der Waals surface area contributed by atoms with Crippen LogP contribution in [0.15, 0.2) is 47.4 Å². The summed E-state index contributed by atoms with van der Waals surface area (Å²) in [6.45, 7) is 2.83. The van der Waals surface area contributed by atoms with Gasteiger partial charge in [-0.1, -0.05) is 35.1 Å². The van der Waals surface area contributed by atoms with Crippen LogP contribution in [-0.2, 0) is 14.8 Å². The van der Waals surface area contributed by atoms with Crippen LogP contribution in [0.3, 0.4) is 0 Å². The van der Waals surface area contributed by atoms with Gasteiger partial charge in [0.15, 0.2) is 5.13 Å². The molecular formula is C22H21ClN4O3S2. The van der Waals surface area contributed by atoms with E-state index in [0.717, 1.165) is 10.2 Å². The number of fused-ring (bicyclic) bond motifs is 1. The zero-order valence-corrected chi connectivity index (χ0v) is 19.8. The lowest BCUT2D eigenvalue weighted by molar-refractivity contribution is -0.123. The summed E-state index contributed by atoms with van der Waals surface area (Å²) in [5, 5.41) is 10.5. The zero-order valence-electron chi connectivity index (χ0n) is 17.4. The molecule has 1 saturated heterocycles. The van der Waals surface area contributed by atoms with Gasteiger partial charge in [-0.3, -0.25) is 9.69 Å². The van der Waals surface area contributed by atoms with Gasteiger partial charge in [-0.05, 0) is 50.1 Å². The maximum Gasteiger partial charge on any atom is 0.244 e. The lowest BCUT2D eigenvalue weighted by atomic mass is 9.96. The van der Waals surface area contributed by atoms with Crippen molar-refractivity contribution in [2.24, 2.45) is 5.92 Å². The van der Waals surface area contributed by atoms with E-state index < -0.39 is 10.0 Å². The van der Waals surface area contributed by atoms with E-state index in [9.17, 15) is 18.5 Å². The molecule has 4 rings (SSSR count). The van der Waals surface area contributed by atoms with Crippen molar-refractivity contribution < 1.29 is 13.2 Å². The highest BCUT2D eigenvalue weighted by Gasteiger charge is 2.35. The Hall–Kier alpha value is -2.51. The largest absolute Gasteiger partial charge is 0.288 e. The third-order valence-corrected chi connectivity index (χ3v) is 8.83. The molecule has 32 heavy (non-hydrogen) atoms. The maximum absolute atomic E-state index is 13.3. The van der Waals surface area contributed by atoms with E-state index in [0.29, 0.717) is 29.5 Å². The highest BCUT2D eigenvalue weighted by Crippen LogP contribution is 2.33. The summed E-state index contributed by atoms with van der Waals surface area (Å²) in [5.41, 5.74) is 0.875. The minimum Gasteiger partial charge on any atom is -0.288 e. The van der Waals surface area contributed by atoms with E-state index in [1.165, 1.54) is 27.8 Å². The number of benzene rings is 2. The van der Waals surface area contributed by atoms with Crippen LogP contribution in [-0.4, -0.2) is 43.2 Å². The van der Waals surface area contributed by atoms with Gasteiger partial charge >= 0.3 is 0 Å². The van der Waals surface area contributed by atoms with Crippen molar-refractivity contribution in [1.29, 1.82) is 5.26 Å². The summed E-state index contributed by atoms with van der Waals surface area (Å²) in [4.78, 5) is 19.5. The minimum atomic E-state index is -3.79. The molecule has 2 heterocycles. The van der Waals surface area contributed by atoms with Crippen LogP contribution in [0.5, 0.6) is 0 Å². The molecule has 166 valence electrons. The zero-order chi connectivity index (χ0) is 22.9. The van der Waals surface area contributed by atoms with Crippen LogP contribution >= 0.6 is 22.9 Å². The van der Waals surface area contributed by atoms with Crippen molar-refractivity contribution in [1.82, 2.24) is 9.29 Å². The molecule has 0 radical (unpaired) electrons. The van der Waals surface area contributed by atoms with Crippen molar-refractivity contribution in [3.63, 3.8) is 0 Å². The van der Waals surface area contributed by atoms with Crippen LogP contribution in [0, 0.1) is 17.2 Å². The molecule has 2 aromatic carbocycles. The number of carbonyl (C=O) groups excluding carboxylic acids is 1. The molecule has 0 aliphatic carbocycles. The number of nitriles is 1. The number of hydrogen-bond acceptors (Lipinski definition) is 6. The van der Waals surface area contributed by atoms with Crippen molar-refractivity contribution in [3.8, 4) is 6.07 Å². The third-order valence-electron chi connectivity index (χ3n) is 5.58. The lowest BCUT2D eigenvalue weighted by Gasteiger charge is -2.32. The topological polar surface area (TPSA) is 94.4 Å². The molecule has 0 spiro atoms. The number of amides is 1. The van der Waals surface area contributed by atoms with Gasteiger partial charge < -0.3 is 0 Å². The predicted octanol–water partition coefficient (Wildman–Crippen LogP) is 4.28. The molecule has 1 aliphatic rings. The fraction of sp³-hybridized carbons (Fsp3) is 0.318. The number of carbonyl (C=O) groups is 1.